The quantitative estimate of drug-likeness (QED) is 0.328. The molecule has 186 valence electrons. The first-order valence-corrected chi connectivity index (χ1v) is 12.4. The number of nitrogens with one attached hydrogen (secondary N) is 1. The van der Waals surface area contributed by atoms with Gasteiger partial charge in [-0.05, 0) is 48.9 Å². The van der Waals surface area contributed by atoms with Crippen LogP contribution in [0.3, 0.4) is 0 Å². The van der Waals surface area contributed by atoms with Crippen LogP contribution in [0.25, 0.3) is 11.4 Å². The summed E-state index contributed by atoms with van der Waals surface area (Å²) in [7, 11) is -2.64. The third-order valence-corrected chi connectivity index (χ3v) is 6.17. The average Bonchev–Trinajstić information content (AvgIpc) is 2.89. The van der Waals surface area contributed by atoms with E-state index < -0.39 is 10.0 Å². The minimum atomic E-state index is -4.12. The molecule has 0 bridgehead atoms. The zero-order chi connectivity index (χ0) is 25.5. The summed E-state index contributed by atoms with van der Waals surface area (Å²) >= 11 is 0. The number of aliphatic hydroxyl groups excluding tert-OH is 1. The van der Waals surface area contributed by atoms with Crippen LogP contribution in [0.15, 0.2) is 78.1 Å². The Morgan fingerprint density at radius 3 is 2.42 bits per heavy atom. The minimum absolute atomic E-state index is 0.0247. The zero-order valence-corrected chi connectivity index (χ0v) is 20.4. The molecule has 0 unspecified atom stereocenters. The standard InChI is InChI=1S/C25H24N4O6S/c1-17-10-11-23(27-16-17)36(31,32)29-20-15-19(18-7-5-6-12-26-18)28-25(34-14-13-30)24(20)35-22-9-4-3-8-21(22)33-2/h3-12,15-16,30H,13-14H2,1-2H3,(H,28,29). The summed E-state index contributed by atoms with van der Waals surface area (Å²) in [6, 6.07) is 16.6. The fourth-order valence-corrected chi connectivity index (χ4v) is 4.18. The molecule has 4 aromatic rings. The molecule has 36 heavy (non-hydrogen) atoms. The van der Waals surface area contributed by atoms with Gasteiger partial charge in [-0.1, -0.05) is 24.3 Å². The van der Waals surface area contributed by atoms with E-state index in [2.05, 4.69) is 19.7 Å². The van der Waals surface area contributed by atoms with E-state index in [0.29, 0.717) is 22.9 Å². The van der Waals surface area contributed by atoms with Crippen molar-refractivity contribution in [2.75, 3.05) is 25.0 Å². The molecule has 3 aromatic heterocycles. The maximum atomic E-state index is 13.2. The monoisotopic (exact) mass is 508 g/mol. The van der Waals surface area contributed by atoms with Gasteiger partial charge in [0.15, 0.2) is 16.5 Å². The topological polar surface area (TPSA) is 133 Å². The fraction of sp³-hybridized carbons (Fsp3) is 0.160. The van der Waals surface area contributed by atoms with Crippen LogP contribution >= 0.6 is 0 Å². The summed E-state index contributed by atoms with van der Waals surface area (Å²) in [4.78, 5) is 12.8. The molecule has 4 rings (SSSR count). The lowest BCUT2D eigenvalue weighted by Crippen LogP contribution is -2.16. The largest absolute Gasteiger partial charge is 0.493 e. The van der Waals surface area contributed by atoms with Gasteiger partial charge in [0.1, 0.15) is 6.61 Å². The highest BCUT2D eigenvalue weighted by molar-refractivity contribution is 7.92. The van der Waals surface area contributed by atoms with Gasteiger partial charge < -0.3 is 19.3 Å². The molecule has 0 aliphatic rings. The summed E-state index contributed by atoms with van der Waals surface area (Å²) in [5.41, 5.74) is 1.65. The van der Waals surface area contributed by atoms with E-state index in [1.807, 2.05) is 6.92 Å². The van der Waals surface area contributed by atoms with Crippen molar-refractivity contribution in [1.29, 1.82) is 0 Å². The van der Waals surface area contributed by atoms with Gasteiger partial charge in [-0.15, -0.1) is 0 Å². The number of aromatic nitrogens is 3. The molecule has 0 aliphatic carbocycles. The summed E-state index contributed by atoms with van der Waals surface area (Å²) in [5, 5.41) is 9.18. The first-order valence-electron chi connectivity index (χ1n) is 10.9. The fourth-order valence-electron chi connectivity index (χ4n) is 3.19. The number of pyridine rings is 3. The molecule has 0 saturated heterocycles. The Hall–Kier alpha value is -4.22. The van der Waals surface area contributed by atoms with Crippen LogP contribution in [0.2, 0.25) is 0 Å². The maximum absolute atomic E-state index is 13.2. The van der Waals surface area contributed by atoms with E-state index in [9.17, 15) is 13.5 Å². The number of ether oxygens (including phenoxy) is 3. The van der Waals surface area contributed by atoms with Crippen LogP contribution in [0.5, 0.6) is 23.1 Å². The minimum Gasteiger partial charge on any atom is -0.493 e. The lowest BCUT2D eigenvalue weighted by molar-refractivity contribution is 0.193. The van der Waals surface area contributed by atoms with Crippen molar-refractivity contribution >= 4 is 15.7 Å². The van der Waals surface area contributed by atoms with Crippen molar-refractivity contribution in [3.63, 3.8) is 0 Å². The highest BCUT2D eigenvalue weighted by Gasteiger charge is 2.24. The predicted octanol–water partition coefficient (Wildman–Crippen LogP) is 3.82. The van der Waals surface area contributed by atoms with Gasteiger partial charge in [0.2, 0.25) is 5.75 Å². The Labute approximate surface area is 208 Å². The molecule has 0 atom stereocenters. The van der Waals surface area contributed by atoms with Crippen molar-refractivity contribution in [3.8, 4) is 34.5 Å². The van der Waals surface area contributed by atoms with E-state index in [4.69, 9.17) is 14.2 Å². The van der Waals surface area contributed by atoms with Crippen molar-refractivity contribution in [2.24, 2.45) is 0 Å². The first kappa shape index (κ1) is 24.9. The number of para-hydroxylation sites is 2. The van der Waals surface area contributed by atoms with Gasteiger partial charge in [-0.2, -0.15) is 8.42 Å². The van der Waals surface area contributed by atoms with E-state index in [-0.39, 0.29) is 35.6 Å². The van der Waals surface area contributed by atoms with Gasteiger partial charge >= 0.3 is 0 Å². The number of hydrogen-bond donors (Lipinski definition) is 2. The summed E-state index contributed by atoms with van der Waals surface area (Å²) in [5.74, 6) is 0.638. The molecule has 1 aromatic carbocycles. The molecule has 0 aliphatic heterocycles. The number of sulfonamides is 1. The van der Waals surface area contributed by atoms with E-state index in [1.54, 1.807) is 54.7 Å². The highest BCUT2D eigenvalue weighted by atomic mass is 32.2. The molecule has 0 amide bonds. The van der Waals surface area contributed by atoms with Crippen LogP contribution in [-0.2, 0) is 10.0 Å². The van der Waals surface area contributed by atoms with Gasteiger partial charge in [0, 0.05) is 12.4 Å². The van der Waals surface area contributed by atoms with Crippen LogP contribution in [-0.4, -0.2) is 48.8 Å². The van der Waals surface area contributed by atoms with Crippen molar-refractivity contribution in [2.45, 2.75) is 11.9 Å². The lowest BCUT2D eigenvalue weighted by Gasteiger charge is -2.18. The van der Waals surface area contributed by atoms with Gasteiger partial charge in [-0.25, -0.2) is 9.97 Å². The molecule has 10 nitrogen and oxygen atoms in total. The molecule has 11 heteroatoms. The number of rotatable bonds is 10. The third kappa shape index (κ3) is 5.70. The number of hydrogen-bond acceptors (Lipinski definition) is 9. The molecule has 0 fully saturated rings. The number of anilines is 1. The van der Waals surface area contributed by atoms with Gasteiger partial charge in [-0.3, -0.25) is 9.71 Å². The van der Waals surface area contributed by atoms with Crippen LogP contribution in [0.1, 0.15) is 5.56 Å². The maximum Gasteiger partial charge on any atom is 0.279 e. The number of nitrogens with zero attached hydrogens (tertiary/aromatic N) is 3. The Morgan fingerprint density at radius 2 is 1.75 bits per heavy atom. The van der Waals surface area contributed by atoms with Crippen molar-refractivity contribution in [3.05, 3.63) is 78.6 Å². The van der Waals surface area contributed by atoms with E-state index in [0.717, 1.165) is 5.56 Å². The van der Waals surface area contributed by atoms with Gasteiger partial charge in [0.25, 0.3) is 15.9 Å². The Kier molecular flexibility index (Phi) is 7.62. The first-order chi connectivity index (χ1) is 17.4. The van der Waals surface area contributed by atoms with Crippen LogP contribution < -0.4 is 18.9 Å². The summed E-state index contributed by atoms with van der Waals surface area (Å²) in [6.07, 6.45) is 3.05. The second-order valence-corrected chi connectivity index (χ2v) is 9.14. The molecule has 0 radical (unpaired) electrons. The second kappa shape index (κ2) is 11.0. The molecular weight excluding hydrogens is 484 g/mol. The smallest absolute Gasteiger partial charge is 0.279 e. The van der Waals surface area contributed by atoms with Crippen LogP contribution in [0.4, 0.5) is 5.69 Å². The van der Waals surface area contributed by atoms with Crippen molar-refractivity contribution in [1.82, 2.24) is 15.0 Å². The molecule has 0 saturated carbocycles. The molecule has 2 N–H and O–H groups in total. The Balaban J connectivity index is 1.88. The average molecular weight is 509 g/mol. The number of aryl methyl sites for hydroxylation is 1. The van der Waals surface area contributed by atoms with Gasteiger partial charge in [0.05, 0.1) is 30.8 Å². The third-order valence-electron chi connectivity index (χ3n) is 4.88. The SMILES string of the molecule is COc1ccccc1Oc1c(NS(=O)(=O)c2ccc(C)cn2)cc(-c2ccccn2)nc1OCCO. The normalized spacial score (nSPS) is 11.1. The van der Waals surface area contributed by atoms with Crippen molar-refractivity contribution < 1.29 is 27.7 Å². The zero-order valence-electron chi connectivity index (χ0n) is 19.6. The Bertz CT molecular complexity index is 1430. The number of methoxy groups -OCH3 is 1. The number of benzene rings is 1. The van der Waals surface area contributed by atoms with Crippen LogP contribution in [0, 0.1) is 6.92 Å². The summed E-state index contributed by atoms with van der Waals surface area (Å²) in [6.45, 7) is 1.41. The second-order valence-electron chi connectivity index (χ2n) is 7.51. The lowest BCUT2D eigenvalue weighted by atomic mass is 10.2. The summed E-state index contributed by atoms with van der Waals surface area (Å²) < 4.78 is 46.2. The van der Waals surface area contributed by atoms with E-state index >= 15 is 0 Å². The molecule has 3 heterocycles. The molecule has 0 spiro atoms. The number of aliphatic hydroxyl groups is 1. The highest BCUT2D eigenvalue weighted by Crippen LogP contribution is 2.43. The Morgan fingerprint density at radius 1 is 0.972 bits per heavy atom. The van der Waals surface area contributed by atoms with E-state index in [1.165, 1.54) is 25.4 Å². The predicted molar refractivity (Wildman–Crippen MR) is 133 cm³/mol. The molecular formula is C25H24N4O6S.